The molecule has 0 saturated carbocycles. The average molecular weight is 239 g/mol. The quantitative estimate of drug-likeness (QED) is 0.759. The number of fused-ring (bicyclic) bond motifs is 1. The molecule has 0 fully saturated rings. The first kappa shape index (κ1) is 10.7. The van der Waals surface area contributed by atoms with E-state index in [9.17, 15) is 0 Å². The summed E-state index contributed by atoms with van der Waals surface area (Å²) in [5.41, 5.74) is 2.05. The average Bonchev–Trinajstić information content (AvgIpc) is 2.82. The number of rotatable bonds is 3. The Kier molecular flexibility index (Phi) is 2.64. The highest BCUT2D eigenvalue weighted by Crippen LogP contribution is 2.12. The SMILES string of the molecule is Cn1cc(CNc2ncc3ccccc3n2)cn1. The number of para-hydroxylation sites is 1. The number of hydrogen-bond acceptors (Lipinski definition) is 4. The molecule has 3 aromatic rings. The summed E-state index contributed by atoms with van der Waals surface area (Å²) in [4.78, 5) is 8.73. The maximum Gasteiger partial charge on any atom is 0.223 e. The minimum atomic E-state index is 0.637. The minimum Gasteiger partial charge on any atom is -0.350 e. The van der Waals surface area contributed by atoms with Gasteiger partial charge in [-0.05, 0) is 6.07 Å². The van der Waals surface area contributed by atoms with E-state index in [-0.39, 0.29) is 0 Å². The third-order valence-electron chi connectivity index (χ3n) is 2.70. The van der Waals surface area contributed by atoms with E-state index in [2.05, 4.69) is 20.4 Å². The van der Waals surface area contributed by atoms with E-state index in [0.29, 0.717) is 12.5 Å². The number of hydrogen-bond donors (Lipinski definition) is 1. The molecule has 5 nitrogen and oxygen atoms in total. The molecule has 18 heavy (non-hydrogen) atoms. The van der Waals surface area contributed by atoms with Crippen LogP contribution in [0.1, 0.15) is 5.56 Å². The lowest BCUT2D eigenvalue weighted by Crippen LogP contribution is -2.02. The van der Waals surface area contributed by atoms with Gasteiger partial charge < -0.3 is 5.32 Å². The third kappa shape index (κ3) is 2.15. The van der Waals surface area contributed by atoms with Crippen molar-refractivity contribution < 1.29 is 0 Å². The van der Waals surface area contributed by atoms with E-state index in [4.69, 9.17) is 0 Å². The Morgan fingerprint density at radius 1 is 1.22 bits per heavy atom. The summed E-state index contributed by atoms with van der Waals surface area (Å²) in [6.45, 7) is 0.673. The van der Waals surface area contributed by atoms with Crippen molar-refractivity contribution in [3.05, 3.63) is 48.4 Å². The molecule has 1 N–H and O–H groups in total. The molecule has 0 aliphatic carbocycles. The van der Waals surface area contributed by atoms with Gasteiger partial charge in [0.2, 0.25) is 5.95 Å². The zero-order valence-electron chi connectivity index (χ0n) is 10.0. The van der Waals surface area contributed by atoms with Gasteiger partial charge in [-0.1, -0.05) is 18.2 Å². The lowest BCUT2D eigenvalue weighted by molar-refractivity contribution is 0.767. The van der Waals surface area contributed by atoms with E-state index in [1.807, 2.05) is 49.9 Å². The van der Waals surface area contributed by atoms with Gasteiger partial charge in [0.05, 0.1) is 11.7 Å². The van der Waals surface area contributed by atoms with Crippen LogP contribution in [0, 0.1) is 0 Å². The van der Waals surface area contributed by atoms with Crippen LogP contribution in [-0.2, 0) is 13.6 Å². The van der Waals surface area contributed by atoms with E-state index in [1.54, 1.807) is 4.68 Å². The second-order valence-corrected chi connectivity index (χ2v) is 4.13. The van der Waals surface area contributed by atoms with E-state index < -0.39 is 0 Å². The van der Waals surface area contributed by atoms with Crippen molar-refractivity contribution in [3.63, 3.8) is 0 Å². The lowest BCUT2D eigenvalue weighted by Gasteiger charge is -2.03. The molecule has 0 unspecified atom stereocenters. The molecule has 0 radical (unpaired) electrons. The summed E-state index contributed by atoms with van der Waals surface area (Å²) in [6.07, 6.45) is 5.62. The third-order valence-corrected chi connectivity index (χ3v) is 2.70. The van der Waals surface area contributed by atoms with Gasteiger partial charge in [-0.3, -0.25) is 4.68 Å². The van der Waals surface area contributed by atoms with Crippen LogP contribution in [0.3, 0.4) is 0 Å². The fraction of sp³-hybridized carbons (Fsp3) is 0.154. The molecule has 0 aliphatic heterocycles. The van der Waals surface area contributed by atoms with Gasteiger partial charge in [-0.15, -0.1) is 0 Å². The molecular formula is C13H13N5. The summed E-state index contributed by atoms with van der Waals surface area (Å²) in [7, 11) is 1.90. The summed E-state index contributed by atoms with van der Waals surface area (Å²) in [6, 6.07) is 7.93. The maximum absolute atomic E-state index is 4.45. The van der Waals surface area contributed by atoms with Crippen molar-refractivity contribution in [1.29, 1.82) is 0 Å². The fourth-order valence-electron chi connectivity index (χ4n) is 1.80. The summed E-state index contributed by atoms with van der Waals surface area (Å²) >= 11 is 0. The van der Waals surface area contributed by atoms with Gasteiger partial charge in [0.15, 0.2) is 0 Å². The van der Waals surface area contributed by atoms with Gasteiger partial charge in [0.1, 0.15) is 0 Å². The second kappa shape index (κ2) is 4.44. The maximum atomic E-state index is 4.45. The second-order valence-electron chi connectivity index (χ2n) is 4.13. The largest absolute Gasteiger partial charge is 0.350 e. The first-order chi connectivity index (χ1) is 8.81. The van der Waals surface area contributed by atoms with Crippen molar-refractivity contribution in [2.75, 3.05) is 5.32 Å². The lowest BCUT2D eigenvalue weighted by atomic mass is 10.2. The predicted octanol–water partition coefficient (Wildman–Crippen LogP) is 1.98. The highest BCUT2D eigenvalue weighted by molar-refractivity contribution is 5.78. The number of aryl methyl sites for hydroxylation is 1. The molecule has 2 heterocycles. The molecule has 1 aromatic carbocycles. The summed E-state index contributed by atoms with van der Waals surface area (Å²) in [5.74, 6) is 0.637. The van der Waals surface area contributed by atoms with Crippen LogP contribution >= 0.6 is 0 Å². The van der Waals surface area contributed by atoms with Crippen molar-refractivity contribution in [1.82, 2.24) is 19.7 Å². The number of aromatic nitrogens is 4. The smallest absolute Gasteiger partial charge is 0.223 e. The van der Waals surface area contributed by atoms with Crippen LogP contribution in [0.4, 0.5) is 5.95 Å². The van der Waals surface area contributed by atoms with Crippen LogP contribution in [0.15, 0.2) is 42.9 Å². The standard InChI is InChI=1S/C13H13N5/c1-18-9-10(7-16-18)6-14-13-15-8-11-4-2-3-5-12(11)17-13/h2-5,7-9H,6H2,1H3,(H,14,15,17). The molecule has 0 saturated heterocycles. The molecule has 5 heteroatoms. The Hall–Kier alpha value is -2.43. The van der Waals surface area contributed by atoms with Gasteiger partial charge in [0.25, 0.3) is 0 Å². The van der Waals surface area contributed by atoms with E-state index in [0.717, 1.165) is 16.5 Å². The zero-order chi connectivity index (χ0) is 12.4. The molecule has 0 aliphatic rings. The molecule has 0 amide bonds. The Labute approximate surface area is 104 Å². The van der Waals surface area contributed by atoms with Gasteiger partial charge in [-0.2, -0.15) is 5.10 Å². The Morgan fingerprint density at radius 3 is 2.94 bits per heavy atom. The number of nitrogens with one attached hydrogen (secondary N) is 1. The van der Waals surface area contributed by atoms with Gasteiger partial charge >= 0.3 is 0 Å². The van der Waals surface area contributed by atoms with Crippen LogP contribution < -0.4 is 5.32 Å². The number of anilines is 1. The topological polar surface area (TPSA) is 55.6 Å². The van der Waals surface area contributed by atoms with Crippen molar-refractivity contribution in [2.24, 2.45) is 7.05 Å². The van der Waals surface area contributed by atoms with Crippen molar-refractivity contribution >= 4 is 16.9 Å². The molecule has 3 rings (SSSR count). The van der Waals surface area contributed by atoms with E-state index in [1.165, 1.54) is 0 Å². The summed E-state index contributed by atoms with van der Waals surface area (Å²) in [5, 5.41) is 8.35. The Bertz CT molecular complexity index is 674. The van der Waals surface area contributed by atoms with Crippen molar-refractivity contribution in [3.8, 4) is 0 Å². The van der Waals surface area contributed by atoms with Crippen LogP contribution in [0.5, 0.6) is 0 Å². The first-order valence-electron chi connectivity index (χ1n) is 5.74. The number of nitrogens with zero attached hydrogens (tertiary/aromatic N) is 4. The monoisotopic (exact) mass is 239 g/mol. The summed E-state index contributed by atoms with van der Waals surface area (Å²) < 4.78 is 1.78. The molecular weight excluding hydrogens is 226 g/mol. The minimum absolute atomic E-state index is 0.637. The van der Waals surface area contributed by atoms with Crippen molar-refractivity contribution in [2.45, 2.75) is 6.54 Å². The molecule has 0 bridgehead atoms. The van der Waals surface area contributed by atoms with Crippen LogP contribution in [0.2, 0.25) is 0 Å². The first-order valence-corrected chi connectivity index (χ1v) is 5.74. The van der Waals surface area contributed by atoms with Crippen LogP contribution in [0.25, 0.3) is 10.9 Å². The fourth-order valence-corrected chi connectivity index (χ4v) is 1.80. The highest BCUT2D eigenvalue weighted by atomic mass is 15.2. The highest BCUT2D eigenvalue weighted by Gasteiger charge is 2.00. The zero-order valence-corrected chi connectivity index (χ0v) is 10.0. The molecule has 0 atom stereocenters. The van der Waals surface area contributed by atoms with Gasteiger partial charge in [-0.25, -0.2) is 9.97 Å². The molecule has 0 spiro atoms. The normalized spacial score (nSPS) is 10.7. The van der Waals surface area contributed by atoms with E-state index >= 15 is 0 Å². The number of benzene rings is 1. The molecule has 90 valence electrons. The predicted molar refractivity (Wildman–Crippen MR) is 70.1 cm³/mol. The van der Waals surface area contributed by atoms with Crippen LogP contribution in [-0.4, -0.2) is 19.7 Å². The van der Waals surface area contributed by atoms with Gasteiger partial charge in [0, 0.05) is 36.9 Å². The Balaban J connectivity index is 1.78. The molecule has 2 aromatic heterocycles. The Morgan fingerprint density at radius 2 is 2.11 bits per heavy atom.